The first-order valence-corrected chi connectivity index (χ1v) is 9.70. The second-order valence-corrected chi connectivity index (χ2v) is 7.32. The van der Waals surface area contributed by atoms with E-state index >= 15 is 0 Å². The molecule has 0 bridgehead atoms. The molecule has 0 aliphatic heterocycles. The zero-order chi connectivity index (χ0) is 22.0. The highest BCUT2D eigenvalue weighted by molar-refractivity contribution is 6.31. The van der Waals surface area contributed by atoms with Crippen LogP contribution in [0, 0.1) is 0 Å². The molecule has 2 aromatic carbocycles. The predicted molar refractivity (Wildman–Crippen MR) is 115 cm³/mol. The lowest BCUT2D eigenvalue weighted by atomic mass is 10.0. The van der Waals surface area contributed by atoms with Gasteiger partial charge in [-0.15, -0.1) is 0 Å². The van der Waals surface area contributed by atoms with Crippen LogP contribution in [0.3, 0.4) is 0 Å². The van der Waals surface area contributed by atoms with Crippen molar-refractivity contribution in [3.63, 3.8) is 0 Å². The summed E-state index contributed by atoms with van der Waals surface area (Å²) in [5, 5.41) is 12.9. The number of aromatic carboxylic acids is 1. The maximum absolute atomic E-state index is 13.1. The van der Waals surface area contributed by atoms with Crippen LogP contribution in [0.4, 0.5) is 0 Å². The third-order valence-electron chi connectivity index (χ3n) is 4.87. The Morgan fingerprint density at radius 3 is 2.65 bits per heavy atom. The van der Waals surface area contributed by atoms with Crippen molar-refractivity contribution in [1.29, 1.82) is 0 Å². The highest BCUT2D eigenvalue weighted by atomic mass is 35.5. The molecule has 1 amide bonds. The molecule has 4 aromatic rings. The minimum atomic E-state index is -1.33. The van der Waals surface area contributed by atoms with E-state index in [1.54, 1.807) is 35.4 Å². The van der Waals surface area contributed by atoms with Crippen LogP contribution in [-0.2, 0) is 11.3 Å². The third-order valence-corrected chi connectivity index (χ3v) is 5.09. The topological polar surface area (TPSA) is 117 Å². The maximum atomic E-state index is 13.1. The molecular formula is C22H17ClN4O4. The van der Waals surface area contributed by atoms with Crippen molar-refractivity contribution < 1.29 is 14.7 Å². The molecule has 0 aliphatic rings. The Kier molecular flexibility index (Phi) is 5.55. The van der Waals surface area contributed by atoms with Crippen molar-refractivity contribution in [2.24, 2.45) is 0 Å². The number of H-pyrrole nitrogens is 1. The molecule has 0 saturated heterocycles. The highest BCUT2D eigenvalue weighted by Crippen LogP contribution is 2.23. The van der Waals surface area contributed by atoms with Crippen LogP contribution in [0.2, 0.25) is 5.02 Å². The lowest BCUT2D eigenvalue weighted by molar-refractivity contribution is -0.123. The Bertz CT molecular complexity index is 1320. The van der Waals surface area contributed by atoms with Gasteiger partial charge in [0.15, 0.2) is 0 Å². The van der Waals surface area contributed by atoms with Crippen molar-refractivity contribution >= 4 is 34.4 Å². The number of carbonyl (C=O) groups excluding carboxylic acids is 1. The number of carboxylic acids is 1. The van der Waals surface area contributed by atoms with Gasteiger partial charge >= 0.3 is 5.97 Å². The fraction of sp³-hybridized carbons (Fsp3) is 0.0909. The SMILES string of the molecule is O=C(O)c1cc2cc(Cl)cc(CNC(=O)C(c3ccccc3)n3ccnc3)c2[nH]c1=O. The van der Waals surface area contributed by atoms with E-state index in [4.69, 9.17) is 11.6 Å². The second-order valence-electron chi connectivity index (χ2n) is 6.89. The van der Waals surface area contributed by atoms with Crippen LogP contribution in [0.15, 0.2) is 72.0 Å². The molecule has 0 fully saturated rings. The average Bonchev–Trinajstić information content (AvgIpc) is 3.27. The lowest BCUT2D eigenvalue weighted by Gasteiger charge is -2.19. The zero-order valence-electron chi connectivity index (χ0n) is 16.1. The number of halogens is 1. The number of nitrogens with zero attached hydrogens (tertiary/aromatic N) is 2. The number of imidazole rings is 1. The molecule has 31 heavy (non-hydrogen) atoms. The summed E-state index contributed by atoms with van der Waals surface area (Å²) in [7, 11) is 0. The fourth-order valence-electron chi connectivity index (χ4n) is 3.45. The van der Waals surface area contributed by atoms with Crippen molar-refractivity contribution in [3.8, 4) is 0 Å². The Morgan fingerprint density at radius 2 is 1.97 bits per heavy atom. The van der Waals surface area contributed by atoms with E-state index in [9.17, 15) is 19.5 Å². The lowest BCUT2D eigenvalue weighted by Crippen LogP contribution is -2.32. The van der Waals surface area contributed by atoms with E-state index in [0.29, 0.717) is 21.5 Å². The number of hydrogen-bond acceptors (Lipinski definition) is 4. The van der Waals surface area contributed by atoms with Crippen LogP contribution >= 0.6 is 11.6 Å². The minimum absolute atomic E-state index is 0.0796. The number of rotatable bonds is 6. The van der Waals surface area contributed by atoms with E-state index in [0.717, 1.165) is 5.56 Å². The van der Waals surface area contributed by atoms with E-state index in [-0.39, 0.29) is 18.0 Å². The van der Waals surface area contributed by atoms with Gasteiger partial charge in [0.25, 0.3) is 5.56 Å². The number of aromatic nitrogens is 3. The summed E-state index contributed by atoms with van der Waals surface area (Å²) in [6.45, 7) is 0.0796. The Morgan fingerprint density at radius 1 is 1.19 bits per heavy atom. The number of benzene rings is 2. The molecule has 4 rings (SSSR count). The molecule has 0 spiro atoms. The number of carbonyl (C=O) groups is 2. The number of amides is 1. The van der Waals surface area contributed by atoms with Crippen LogP contribution in [0.5, 0.6) is 0 Å². The molecule has 156 valence electrons. The number of fused-ring (bicyclic) bond motifs is 1. The van der Waals surface area contributed by atoms with Crippen molar-refractivity contribution in [1.82, 2.24) is 19.9 Å². The second kappa shape index (κ2) is 8.45. The van der Waals surface area contributed by atoms with E-state index in [1.165, 1.54) is 6.07 Å². The van der Waals surface area contributed by atoms with Crippen molar-refractivity contribution in [3.05, 3.63) is 99.3 Å². The first-order valence-electron chi connectivity index (χ1n) is 9.33. The molecule has 2 heterocycles. The van der Waals surface area contributed by atoms with Gasteiger partial charge in [-0.2, -0.15) is 0 Å². The van der Waals surface area contributed by atoms with Gasteiger partial charge in [0.1, 0.15) is 11.6 Å². The standard InChI is InChI=1S/C22H17ClN4O4/c23-16-8-14-10-17(22(30)31)20(28)26-18(14)15(9-16)11-25-21(29)19(27-7-6-24-12-27)13-4-2-1-3-5-13/h1-10,12,19H,11H2,(H,25,29)(H,26,28)(H,30,31). The van der Waals surface area contributed by atoms with E-state index in [2.05, 4.69) is 15.3 Å². The number of aromatic amines is 1. The number of nitrogens with one attached hydrogen (secondary N) is 2. The third kappa shape index (κ3) is 4.19. The molecule has 3 N–H and O–H groups in total. The van der Waals surface area contributed by atoms with Crippen molar-refractivity contribution in [2.45, 2.75) is 12.6 Å². The molecule has 0 radical (unpaired) electrons. The van der Waals surface area contributed by atoms with Crippen LogP contribution in [0.1, 0.15) is 27.5 Å². The molecule has 0 aliphatic carbocycles. The van der Waals surface area contributed by atoms with Gasteiger partial charge in [0, 0.05) is 29.3 Å². The molecular weight excluding hydrogens is 420 g/mol. The van der Waals surface area contributed by atoms with Gasteiger partial charge in [-0.05, 0) is 29.3 Å². The largest absolute Gasteiger partial charge is 0.477 e. The first kappa shape index (κ1) is 20.4. The summed E-state index contributed by atoms with van der Waals surface area (Å²) in [4.78, 5) is 43.1. The van der Waals surface area contributed by atoms with Crippen LogP contribution < -0.4 is 10.9 Å². The van der Waals surface area contributed by atoms with E-state index in [1.807, 2.05) is 30.3 Å². The van der Waals surface area contributed by atoms with Crippen LogP contribution in [0.25, 0.3) is 10.9 Å². The summed E-state index contributed by atoms with van der Waals surface area (Å²) in [6.07, 6.45) is 4.87. The fourth-order valence-corrected chi connectivity index (χ4v) is 3.70. The summed E-state index contributed by atoms with van der Waals surface area (Å²) in [6, 6.07) is 13.1. The Balaban J connectivity index is 1.66. The highest BCUT2D eigenvalue weighted by Gasteiger charge is 2.22. The monoisotopic (exact) mass is 436 g/mol. The van der Waals surface area contributed by atoms with Gasteiger partial charge in [-0.3, -0.25) is 9.59 Å². The molecule has 0 saturated carbocycles. The molecule has 1 atom stereocenters. The smallest absolute Gasteiger partial charge is 0.341 e. The van der Waals surface area contributed by atoms with Crippen LogP contribution in [-0.4, -0.2) is 31.5 Å². The summed E-state index contributed by atoms with van der Waals surface area (Å²) in [5.74, 6) is -1.61. The molecule has 1 unspecified atom stereocenters. The quantitative estimate of drug-likeness (QED) is 0.429. The zero-order valence-corrected chi connectivity index (χ0v) is 16.8. The normalized spacial score (nSPS) is 11.9. The summed E-state index contributed by atoms with van der Waals surface area (Å²) < 4.78 is 1.70. The minimum Gasteiger partial charge on any atom is -0.477 e. The molecule has 2 aromatic heterocycles. The van der Waals surface area contributed by atoms with Gasteiger partial charge in [-0.1, -0.05) is 41.9 Å². The van der Waals surface area contributed by atoms with Gasteiger partial charge in [-0.25, -0.2) is 9.78 Å². The predicted octanol–water partition coefficient (Wildman–Crippen LogP) is 2.98. The van der Waals surface area contributed by atoms with Gasteiger partial charge in [0.05, 0.1) is 11.8 Å². The summed E-state index contributed by atoms with van der Waals surface area (Å²) >= 11 is 6.19. The number of pyridine rings is 1. The van der Waals surface area contributed by atoms with Gasteiger partial charge < -0.3 is 20.0 Å². The average molecular weight is 437 g/mol. The maximum Gasteiger partial charge on any atom is 0.341 e. The molecule has 8 nitrogen and oxygen atoms in total. The summed E-state index contributed by atoms with van der Waals surface area (Å²) in [5.41, 5.74) is 0.652. The Hall–Kier alpha value is -3.91. The first-order chi connectivity index (χ1) is 14.9. The molecule has 9 heteroatoms. The number of hydrogen-bond donors (Lipinski definition) is 3. The van der Waals surface area contributed by atoms with E-state index < -0.39 is 17.6 Å². The van der Waals surface area contributed by atoms with Crippen molar-refractivity contribution in [2.75, 3.05) is 0 Å². The number of carboxylic acid groups (broad SMARTS) is 1. The van der Waals surface area contributed by atoms with Gasteiger partial charge in [0.2, 0.25) is 5.91 Å². The Labute approximate surface area is 181 Å².